The first-order chi connectivity index (χ1) is 8.99. The van der Waals surface area contributed by atoms with Crippen LogP contribution in [0.2, 0.25) is 0 Å². The van der Waals surface area contributed by atoms with Crippen molar-refractivity contribution >= 4 is 0 Å². The number of rotatable bonds is 3. The van der Waals surface area contributed by atoms with Crippen molar-refractivity contribution in [3.8, 4) is 0 Å². The molecule has 1 aromatic carbocycles. The predicted molar refractivity (Wildman–Crippen MR) is 82.2 cm³/mol. The Bertz CT molecular complexity index is 397. The van der Waals surface area contributed by atoms with E-state index in [0.29, 0.717) is 12.6 Å². The lowest BCUT2D eigenvalue weighted by molar-refractivity contribution is 0.0984. The topological polar surface area (TPSA) is 29.3 Å². The highest BCUT2D eigenvalue weighted by atomic mass is 15.2. The molecule has 2 rings (SSSR count). The second kappa shape index (κ2) is 6.06. The Morgan fingerprint density at radius 1 is 1.11 bits per heavy atom. The fourth-order valence-corrected chi connectivity index (χ4v) is 3.66. The largest absolute Gasteiger partial charge is 0.329 e. The molecule has 0 aliphatic carbocycles. The third kappa shape index (κ3) is 3.58. The molecule has 0 spiro atoms. The van der Waals surface area contributed by atoms with Crippen LogP contribution in [-0.2, 0) is 0 Å². The van der Waals surface area contributed by atoms with Crippen LogP contribution in [-0.4, -0.2) is 24.5 Å². The highest BCUT2D eigenvalue weighted by Crippen LogP contribution is 2.29. The number of hydrogen-bond acceptors (Lipinski definition) is 2. The molecule has 0 bridgehead atoms. The van der Waals surface area contributed by atoms with Crippen LogP contribution in [0.15, 0.2) is 18.2 Å². The second-order valence-corrected chi connectivity index (χ2v) is 6.57. The van der Waals surface area contributed by atoms with Gasteiger partial charge in [-0.05, 0) is 37.7 Å². The monoisotopic (exact) mass is 260 g/mol. The zero-order valence-electron chi connectivity index (χ0n) is 12.8. The van der Waals surface area contributed by atoms with Crippen molar-refractivity contribution in [2.45, 2.75) is 40.2 Å². The number of benzene rings is 1. The summed E-state index contributed by atoms with van der Waals surface area (Å²) >= 11 is 0. The zero-order chi connectivity index (χ0) is 14.0. The standard InChI is InChI=1S/C17H28N2/c1-12-5-13(2)8-16(7-12)17(9-18)19-10-14(3)6-15(4)11-19/h5,7-8,14-15,17H,6,9-11,18H2,1-4H3. The number of nitrogens with zero attached hydrogens (tertiary/aromatic N) is 1. The summed E-state index contributed by atoms with van der Waals surface area (Å²) in [6, 6.07) is 7.21. The quantitative estimate of drug-likeness (QED) is 0.903. The highest BCUT2D eigenvalue weighted by molar-refractivity contribution is 5.31. The van der Waals surface area contributed by atoms with E-state index in [0.717, 1.165) is 11.8 Å². The minimum atomic E-state index is 0.379. The van der Waals surface area contributed by atoms with Gasteiger partial charge in [-0.15, -0.1) is 0 Å². The third-order valence-electron chi connectivity index (χ3n) is 4.19. The summed E-state index contributed by atoms with van der Waals surface area (Å²) in [6.07, 6.45) is 1.35. The molecule has 0 saturated carbocycles. The van der Waals surface area contributed by atoms with E-state index >= 15 is 0 Å². The molecule has 2 nitrogen and oxygen atoms in total. The summed E-state index contributed by atoms with van der Waals surface area (Å²) in [4.78, 5) is 2.59. The molecule has 1 aliphatic rings. The summed E-state index contributed by atoms with van der Waals surface area (Å²) in [5.41, 5.74) is 10.2. The van der Waals surface area contributed by atoms with Crippen LogP contribution in [0.1, 0.15) is 43.0 Å². The highest BCUT2D eigenvalue weighted by Gasteiger charge is 2.27. The lowest BCUT2D eigenvalue weighted by atomic mass is 9.89. The van der Waals surface area contributed by atoms with Gasteiger partial charge in [-0.2, -0.15) is 0 Å². The molecule has 2 heteroatoms. The first-order valence-corrected chi connectivity index (χ1v) is 7.52. The van der Waals surface area contributed by atoms with Crippen molar-refractivity contribution in [1.82, 2.24) is 4.90 Å². The molecule has 1 aliphatic heterocycles. The SMILES string of the molecule is Cc1cc(C)cc(C(CN)N2CC(C)CC(C)C2)c1. The van der Waals surface area contributed by atoms with Crippen LogP contribution in [0.25, 0.3) is 0 Å². The van der Waals surface area contributed by atoms with Gasteiger partial charge >= 0.3 is 0 Å². The Morgan fingerprint density at radius 3 is 2.11 bits per heavy atom. The van der Waals surface area contributed by atoms with E-state index < -0.39 is 0 Å². The zero-order valence-corrected chi connectivity index (χ0v) is 12.8. The number of piperidine rings is 1. The molecule has 0 radical (unpaired) electrons. The Morgan fingerprint density at radius 2 is 1.63 bits per heavy atom. The van der Waals surface area contributed by atoms with Gasteiger partial charge in [0, 0.05) is 25.7 Å². The minimum Gasteiger partial charge on any atom is -0.329 e. The lowest BCUT2D eigenvalue weighted by Crippen LogP contribution is -2.43. The molecule has 0 amide bonds. The van der Waals surface area contributed by atoms with Gasteiger partial charge in [0.05, 0.1) is 0 Å². The average molecular weight is 260 g/mol. The lowest BCUT2D eigenvalue weighted by Gasteiger charge is -2.40. The average Bonchev–Trinajstić information content (AvgIpc) is 2.27. The van der Waals surface area contributed by atoms with E-state index in [2.05, 4.69) is 50.8 Å². The van der Waals surface area contributed by atoms with E-state index in [9.17, 15) is 0 Å². The number of hydrogen-bond donors (Lipinski definition) is 1. The van der Waals surface area contributed by atoms with Gasteiger partial charge in [-0.25, -0.2) is 0 Å². The molecule has 1 heterocycles. The van der Waals surface area contributed by atoms with Crippen LogP contribution in [0.5, 0.6) is 0 Å². The predicted octanol–water partition coefficient (Wildman–Crippen LogP) is 3.28. The molecule has 3 atom stereocenters. The van der Waals surface area contributed by atoms with Crippen molar-refractivity contribution in [3.05, 3.63) is 34.9 Å². The van der Waals surface area contributed by atoms with Crippen molar-refractivity contribution in [2.24, 2.45) is 17.6 Å². The van der Waals surface area contributed by atoms with Crippen molar-refractivity contribution in [2.75, 3.05) is 19.6 Å². The van der Waals surface area contributed by atoms with Crippen molar-refractivity contribution in [3.63, 3.8) is 0 Å². The van der Waals surface area contributed by atoms with E-state index in [1.807, 2.05) is 0 Å². The van der Waals surface area contributed by atoms with Gasteiger partial charge < -0.3 is 5.73 Å². The Labute approximate surface area is 118 Å². The van der Waals surface area contributed by atoms with Gasteiger partial charge in [-0.3, -0.25) is 4.90 Å². The summed E-state index contributed by atoms with van der Waals surface area (Å²) in [7, 11) is 0. The number of aryl methyl sites for hydroxylation is 2. The smallest absolute Gasteiger partial charge is 0.0470 e. The summed E-state index contributed by atoms with van der Waals surface area (Å²) in [5.74, 6) is 1.56. The van der Waals surface area contributed by atoms with Crippen molar-refractivity contribution in [1.29, 1.82) is 0 Å². The molecular formula is C17H28N2. The molecule has 1 aromatic rings. The summed E-state index contributed by atoms with van der Waals surface area (Å²) in [6.45, 7) is 12.1. The molecule has 0 aromatic heterocycles. The van der Waals surface area contributed by atoms with Gasteiger partial charge in [0.25, 0.3) is 0 Å². The van der Waals surface area contributed by atoms with Crippen LogP contribution in [0.3, 0.4) is 0 Å². The maximum atomic E-state index is 6.09. The van der Waals surface area contributed by atoms with E-state index in [-0.39, 0.29) is 0 Å². The maximum Gasteiger partial charge on any atom is 0.0470 e. The maximum absolute atomic E-state index is 6.09. The number of nitrogens with two attached hydrogens (primary N) is 1. The first kappa shape index (κ1) is 14.5. The van der Waals surface area contributed by atoms with Gasteiger partial charge in [-0.1, -0.05) is 43.2 Å². The molecule has 106 valence electrons. The van der Waals surface area contributed by atoms with Crippen LogP contribution >= 0.6 is 0 Å². The molecule has 3 unspecified atom stereocenters. The number of likely N-dealkylation sites (tertiary alicyclic amines) is 1. The van der Waals surface area contributed by atoms with E-state index in [1.165, 1.54) is 36.2 Å². The van der Waals surface area contributed by atoms with E-state index in [1.54, 1.807) is 0 Å². The van der Waals surface area contributed by atoms with Crippen LogP contribution in [0, 0.1) is 25.7 Å². The third-order valence-corrected chi connectivity index (χ3v) is 4.19. The first-order valence-electron chi connectivity index (χ1n) is 7.52. The summed E-state index contributed by atoms with van der Waals surface area (Å²) < 4.78 is 0. The molecule has 19 heavy (non-hydrogen) atoms. The van der Waals surface area contributed by atoms with Crippen LogP contribution < -0.4 is 5.73 Å². The van der Waals surface area contributed by atoms with E-state index in [4.69, 9.17) is 5.73 Å². The van der Waals surface area contributed by atoms with Gasteiger partial charge in [0.15, 0.2) is 0 Å². The minimum absolute atomic E-state index is 0.379. The second-order valence-electron chi connectivity index (χ2n) is 6.57. The Balaban J connectivity index is 2.23. The van der Waals surface area contributed by atoms with Gasteiger partial charge in [0.1, 0.15) is 0 Å². The fraction of sp³-hybridized carbons (Fsp3) is 0.647. The molecule has 1 saturated heterocycles. The van der Waals surface area contributed by atoms with Gasteiger partial charge in [0.2, 0.25) is 0 Å². The van der Waals surface area contributed by atoms with Crippen LogP contribution in [0.4, 0.5) is 0 Å². The summed E-state index contributed by atoms with van der Waals surface area (Å²) in [5, 5.41) is 0. The molecule has 2 N–H and O–H groups in total. The fourth-order valence-electron chi connectivity index (χ4n) is 3.66. The van der Waals surface area contributed by atoms with Crippen molar-refractivity contribution < 1.29 is 0 Å². The Kier molecular flexibility index (Phi) is 4.64. The molecular weight excluding hydrogens is 232 g/mol. The normalized spacial score (nSPS) is 26.4. The molecule has 1 fully saturated rings. The Hall–Kier alpha value is -0.860.